The van der Waals surface area contributed by atoms with Crippen molar-refractivity contribution in [1.29, 1.82) is 0 Å². The summed E-state index contributed by atoms with van der Waals surface area (Å²) in [6.07, 6.45) is -8.03. The summed E-state index contributed by atoms with van der Waals surface area (Å²) in [5.41, 5.74) is 1.41. The van der Waals surface area contributed by atoms with E-state index in [-0.39, 0.29) is 23.3 Å². The van der Waals surface area contributed by atoms with Crippen molar-refractivity contribution >= 4 is 16.4 Å². The maximum Gasteiger partial charge on any atom is 0.446 e. The zero-order valence-corrected chi connectivity index (χ0v) is 21.2. The number of carboxylic acids is 1. The quantitative estimate of drug-likeness (QED) is 0.199. The molecule has 0 aliphatic carbocycles. The van der Waals surface area contributed by atoms with Crippen LogP contribution in [0.1, 0.15) is 25.0 Å². The lowest BCUT2D eigenvalue weighted by atomic mass is 9.85. The van der Waals surface area contributed by atoms with Crippen LogP contribution in [0.3, 0.4) is 0 Å². The molecule has 1 aliphatic rings. The average molecular weight is 559 g/mol. The van der Waals surface area contributed by atoms with Crippen LogP contribution in [-0.2, 0) is 32.8 Å². The number of phenolic OH excluding ortho intramolecular Hbond substituents is 2. The van der Waals surface area contributed by atoms with Gasteiger partial charge in [0.25, 0.3) is 0 Å². The van der Waals surface area contributed by atoms with Gasteiger partial charge in [-0.05, 0) is 60.1 Å². The van der Waals surface area contributed by atoms with E-state index in [0.29, 0.717) is 18.4 Å². The third-order valence-electron chi connectivity index (χ3n) is 6.39. The van der Waals surface area contributed by atoms with E-state index in [1.807, 2.05) is 13.8 Å². The van der Waals surface area contributed by atoms with Gasteiger partial charge in [-0.15, -0.1) is 0 Å². The Morgan fingerprint density at radius 3 is 2.03 bits per heavy atom. The molecule has 0 bridgehead atoms. The summed E-state index contributed by atoms with van der Waals surface area (Å²) in [6, 6.07) is 8.60. The number of benzene rings is 2. The molecule has 0 radical (unpaired) electrons. The van der Waals surface area contributed by atoms with Crippen LogP contribution in [0.25, 0.3) is 0 Å². The number of aliphatic hydroxyl groups is 3. The number of hydrogen-bond donors (Lipinski definition) is 7. The van der Waals surface area contributed by atoms with Crippen molar-refractivity contribution < 1.29 is 62.1 Å². The molecule has 2 aromatic carbocycles. The first-order chi connectivity index (χ1) is 17.7. The van der Waals surface area contributed by atoms with E-state index in [2.05, 4.69) is 4.18 Å². The highest BCUT2D eigenvalue weighted by Crippen LogP contribution is 2.34. The Balaban J connectivity index is 1.67. The monoisotopic (exact) mass is 558 g/mol. The molecule has 14 heteroatoms. The summed E-state index contributed by atoms with van der Waals surface area (Å²) >= 11 is 0. The predicted molar refractivity (Wildman–Crippen MR) is 129 cm³/mol. The topological polar surface area (TPSA) is 221 Å². The van der Waals surface area contributed by atoms with Gasteiger partial charge in [-0.1, -0.05) is 26.0 Å². The third-order valence-corrected chi connectivity index (χ3v) is 6.78. The minimum absolute atomic E-state index is 0.0492. The maximum atomic E-state index is 11.3. The average Bonchev–Trinajstić information content (AvgIpc) is 2.82. The van der Waals surface area contributed by atoms with E-state index >= 15 is 0 Å². The van der Waals surface area contributed by atoms with E-state index in [4.69, 9.17) is 14.0 Å². The summed E-state index contributed by atoms with van der Waals surface area (Å²) in [4.78, 5) is 11.3. The Labute approximate surface area is 218 Å². The van der Waals surface area contributed by atoms with Crippen molar-refractivity contribution in [2.75, 3.05) is 0 Å². The van der Waals surface area contributed by atoms with Gasteiger partial charge in [0.15, 0.2) is 29.1 Å². The molecule has 0 aromatic heterocycles. The van der Waals surface area contributed by atoms with Crippen LogP contribution in [0.15, 0.2) is 36.4 Å². The van der Waals surface area contributed by atoms with Crippen LogP contribution in [0.2, 0.25) is 0 Å². The van der Waals surface area contributed by atoms with Crippen LogP contribution in [0.4, 0.5) is 0 Å². The molecule has 7 atom stereocenters. The lowest BCUT2D eigenvalue weighted by Crippen LogP contribution is -2.61. The Bertz CT molecular complexity index is 1250. The highest BCUT2D eigenvalue weighted by molar-refractivity contribution is 7.81. The Morgan fingerprint density at radius 1 is 0.895 bits per heavy atom. The van der Waals surface area contributed by atoms with E-state index < -0.39 is 58.6 Å². The predicted octanol–water partition coefficient (Wildman–Crippen LogP) is 0.608. The van der Waals surface area contributed by atoms with Gasteiger partial charge >= 0.3 is 16.4 Å². The number of aromatic hydroxyl groups is 2. The zero-order chi connectivity index (χ0) is 28.4. The summed E-state index contributed by atoms with van der Waals surface area (Å²) in [5, 5.41) is 59.4. The second-order valence-corrected chi connectivity index (χ2v) is 10.4. The molecule has 0 unspecified atom stereocenters. The zero-order valence-electron chi connectivity index (χ0n) is 20.4. The molecule has 1 saturated heterocycles. The van der Waals surface area contributed by atoms with Crippen molar-refractivity contribution in [3.05, 3.63) is 47.5 Å². The third kappa shape index (κ3) is 7.24. The molecule has 13 nitrogen and oxygen atoms in total. The SMILES string of the molecule is C[C@H](Cc1ccc(OS(=O)(=O)O)c(O)c1)[C@@H](C)Cc1ccc(O)c(O[C@H]2O[C@@H](C(=O)O)[C@H](O)[C@@H](O)[C@@H]2O)c1. The number of phenols is 2. The molecule has 7 N–H and O–H groups in total. The fraction of sp³-hybridized carbons (Fsp3) is 0.458. The largest absolute Gasteiger partial charge is 0.504 e. The first-order valence-corrected chi connectivity index (χ1v) is 12.9. The van der Waals surface area contributed by atoms with Gasteiger partial charge in [-0.25, -0.2) is 4.79 Å². The van der Waals surface area contributed by atoms with Crippen molar-refractivity contribution in [2.45, 2.75) is 57.4 Å². The van der Waals surface area contributed by atoms with Crippen LogP contribution in [-0.4, -0.2) is 80.3 Å². The molecule has 3 rings (SSSR count). The normalized spacial score (nSPS) is 25.4. The summed E-state index contributed by atoms with van der Waals surface area (Å²) in [5.74, 6) is -2.76. The fourth-order valence-corrected chi connectivity index (χ4v) is 4.44. The summed E-state index contributed by atoms with van der Waals surface area (Å²) in [6.45, 7) is 3.93. The lowest BCUT2D eigenvalue weighted by molar-refractivity contribution is -0.271. The lowest BCUT2D eigenvalue weighted by Gasteiger charge is -2.38. The number of rotatable bonds is 10. The molecule has 1 heterocycles. The molecule has 210 valence electrons. The van der Waals surface area contributed by atoms with Crippen molar-refractivity contribution in [1.82, 2.24) is 0 Å². The molecule has 1 fully saturated rings. The highest BCUT2D eigenvalue weighted by Gasteiger charge is 2.48. The number of aliphatic hydroxyl groups excluding tert-OH is 3. The standard InChI is InChI=1S/C24H30O13S/c1-11(7-13-4-6-17(16(26)9-13)37-38(32,33)34)12(2)8-14-3-5-15(25)18(10-14)35-24-21(29)19(27)20(28)22(36-24)23(30)31/h3-6,9-12,19-22,24-29H,7-8H2,1-2H3,(H,30,31)(H,32,33,34)/t11-,12+,19-,20-,21+,22-,24+/m1/s1. The van der Waals surface area contributed by atoms with Crippen molar-refractivity contribution in [3.8, 4) is 23.0 Å². The van der Waals surface area contributed by atoms with Gasteiger partial charge < -0.3 is 44.3 Å². The number of carbonyl (C=O) groups is 1. The Morgan fingerprint density at radius 2 is 1.47 bits per heavy atom. The van der Waals surface area contributed by atoms with Gasteiger partial charge in [0.05, 0.1) is 0 Å². The molecule has 0 saturated carbocycles. The first kappa shape index (κ1) is 29.4. The second-order valence-electron chi connectivity index (χ2n) is 9.33. The van der Waals surface area contributed by atoms with Gasteiger partial charge in [0, 0.05) is 0 Å². The van der Waals surface area contributed by atoms with Crippen LogP contribution < -0.4 is 8.92 Å². The molecule has 38 heavy (non-hydrogen) atoms. The molecular formula is C24H30O13S. The molecule has 2 aromatic rings. The summed E-state index contributed by atoms with van der Waals surface area (Å²) in [7, 11) is -4.77. The minimum Gasteiger partial charge on any atom is -0.504 e. The van der Waals surface area contributed by atoms with Crippen molar-refractivity contribution in [3.63, 3.8) is 0 Å². The fourth-order valence-electron chi connectivity index (χ4n) is 4.07. The van der Waals surface area contributed by atoms with Crippen molar-refractivity contribution in [2.24, 2.45) is 11.8 Å². The molecule has 1 aliphatic heterocycles. The minimum atomic E-state index is -4.77. The molecular weight excluding hydrogens is 528 g/mol. The van der Waals surface area contributed by atoms with E-state index in [1.54, 1.807) is 12.1 Å². The van der Waals surface area contributed by atoms with Gasteiger partial charge in [0.1, 0.15) is 18.3 Å². The number of carboxylic acid groups (broad SMARTS) is 1. The van der Waals surface area contributed by atoms with E-state index in [9.17, 15) is 43.9 Å². The van der Waals surface area contributed by atoms with Crippen LogP contribution in [0.5, 0.6) is 23.0 Å². The number of aliphatic carboxylic acids is 1. The Kier molecular flexibility index (Phi) is 9.07. The maximum absolute atomic E-state index is 11.3. The van der Waals surface area contributed by atoms with Crippen LogP contribution >= 0.6 is 0 Å². The van der Waals surface area contributed by atoms with Crippen LogP contribution in [0, 0.1) is 11.8 Å². The van der Waals surface area contributed by atoms with E-state index in [0.717, 1.165) is 5.56 Å². The molecule has 0 spiro atoms. The Hall–Kier alpha value is -3.14. The smallest absolute Gasteiger partial charge is 0.446 e. The van der Waals surface area contributed by atoms with E-state index in [1.165, 1.54) is 24.3 Å². The molecule has 0 amide bonds. The van der Waals surface area contributed by atoms with Gasteiger partial charge in [-0.3, -0.25) is 4.55 Å². The summed E-state index contributed by atoms with van der Waals surface area (Å²) < 4.78 is 45.4. The van der Waals surface area contributed by atoms with Gasteiger partial charge in [0.2, 0.25) is 6.29 Å². The van der Waals surface area contributed by atoms with Gasteiger partial charge in [-0.2, -0.15) is 8.42 Å². The highest BCUT2D eigenvalue weighted by atomic mass is 32.3. The number of ether oxygens (including phenoxy) is 2. The second kappa shape index (κ2) is 11.7. The number of hydrogen-bond acceptors (Lipinski definition) is 11. The first-order valence-electron chi connectivity index (χ1n) is 11.6.